The number of aromatic nitrogens is 3. The number of halogens is 2. The minimum atomic E-state index is -0.229. The summed E-state index contributed by atoms with van der Waals surface area (Å²) >= 11 is 0. The van der Waals surface area contributed by atoms with Crippen LogP contribution < -0.4 is 10.6 Å². The first-order chi connectivity index (χ1) is 12.0. The molecule has 26 heavy (non-hydrogen) atoms. The van der Waals surface area contributed by atoms with Crippen molar-refractivity contribution in [3.63, 3.8) is 0 Å². The zero-order valence-corrected chi connectivity index (χ0v) is 17.9. The number of nitrogens with zero attached hydrogens (tertiary/aromatic N) is 5. The number of rotatable bonds is 7. The number of nitrogens with one attached hydrogen (secondary N) is 2. The second-order valence-electron chi connectivity index (χ2n) is 5.91. The van der Waals surface area contributed by atoms with E-state index in [1.54, 1.807) is 4.68 Å². The molecule has 0 aliphatic carbocycles. The summed E-state index contributed by atoms with van der Waals surface area (Å²) in [6, 6.07) is 6.69. The molecule has 0 fully saturated rings. The summed E-state index contributed by atoms with van der Waals surface area (Å²) in [5.74, 6) is 1.27. The molecule has 1 unspecified atom stereocenters. The molecule has 2 rings (SSSR count). The van der Waals surface area contributed by atoms with E-state index in [0.29, 0.717) is 19.0 Å². The lowest BCUT2D eigenvalue weighted by Crippen LogP contribution is -2.41. The van der Waals surface area contributed by atoms with Crippen LogP contribution in [-0.2, 0) is 13.6 Å². The zero-order valence-electron chi connectivity index (χ0n) is 15.6. The highest BCUT2D eigenvalue weighted by Crippen LogP contribution is 2.17. The predicted octanol–water partition coefficient (Wildman–Crippen LogP) is 1.93. The van der Waals surface area contributed by atoms with E-state index in [1.165, 1.54) is 18.5 Å². The van der Waals surface area contributed by atoms with Gasteiger partial charge in [0.1, 0.15) is 24.5 Å². The van der Waals surface area contributed by atoms with Gasteiger partial charge in [-0.2, -0.15) is 5.10 Å². The minimum Gasteiger partial charge on any atom is -0.357 e. The van der Waals surface area contributed by atoms with Crippen LogP contribution in [0.4, 0.5) is 4.39 Å². The van der Waals surface area contributed by atoms with Crippen LogP contribution in [0, 0.1) is 5.82 Å². The second-order valence-corrected chi connectivity index (χ2v) is 5.91. The van der Waals surface area contributed by atoms with Crippen LogP contribution in [0.25, 0.3) is 0 Å². The summed E-state index contributed by atoms with van der Waals surface area (Å²) in [6.45, 7) is 3.86. The van der Waals surface area contributed by atoms with Gasteiger partial charge in [0.05, 0.1) is 6.04 Å². The molecule has 0 amide bonds. The molecule has 0 aliphatic rings. The van der Waals surface area contributed by atoms with Gasteiger partial charge in [-0.3, -0.25) is 4.68 Å². The van der Waals surface area contributed by atoms with Gasteiger partial charge >= 0.3 is 0 Å². The number of benzene rings is 1. The molecule has 0 saturated carbocycles. The van der Waals surface area contributed by atoms with Crippen molar-refractivity contribution in [1.82, 2.24) is 30.3 Å². The fourth-order valence-corrected chi connectivity index (χ4v) is 2.43. The van der Waals surface area contributed by atoms with Gasteiger partial charge in [0.2, 0.25) is 0 Å². The van der Waals surface area contributed by atoms with Crippen molar-refractivity contribution < 1.29 is 4.39 Å². The first-order valence-electron chi connectivity index (χ1n) is 8.28. The number of hydrogen-bond donors (Lipinski definition) is 2. The Morgan fingerprint density at radius 3 is 2.50 bits per heavy atom. The summed E-state index contributed by atoms with van der Waals surface area (Å²) in [6.07, 6.45) is 1.52. The molecule has 1 aromatic heterocycles. The van der Waals surface area contributed by atoms with Crippen LogP contribution in [0.1, 0.15) is 24.4 Å². The topological polar surface area (TPSA) is 70.4 Å². The molecule has 9 heteroatoms. The summed E-state index contributed by atoms with van der Waals surface area (Å²) < 4.78 is 14.9. The Morgan fingerprint density at radius 2 is 1.96 bits per heavy atom. The van der Waals surface area contributed by atoms with Crippen molar-refractivity contribution >= 4 is 29.9 Å². The third-order valence-corrected chi connectivity index (χ3v) is 3.87. The van der Waals surface area contributed by atoms with Crippen molar-refractivity contribution in [2.24, 2.45) is 12.0 Å². The van der Waals surface area contributed by atoms with Crippen LogP contribution in [0.3, 0.4) is 0 Å². The highest BCUT2D eigenvalue weighted by molar-refractivity contribution is 14.0. The maximum atomic E-state index is 13.2. The molecule has 2 aromatic rings. The quantitative estimate of drug-likeness (QED) is 0.364. The molecule has 0 spiro atoms. The average Bonchev–Trinajstić information content (AvgIpc) is 2.99. The van der Waals surface area contributed by atoms with E-state index in [-0.39, 0.29) is 35.8 Å². The second kappa shape index (κ2) is 11.1. The maximum Gasteiger partial charge on any atom is 0.191 e. The predicted molar refractivity (Wildman–Crippen MR) is 112 cm³/mol. The molecule has 1 aromatic carbocycles. The largest absolute Gasteiger partial charge is 0.357 e. The van der Waals surface area contributed by atoms with Crippen molar-refractivity contribution in [2.45, 2.75) is 19.5 Å². The van der Waals surface area contributed by atoms with E-state index in [9.17, 15) is 4.39 Å². The Labute approximate surface area is 171 Å². The molecular formula is C17H27FIN7. The van der Waals surface area contributed by atoms with Gasteiger partial charge in [-0.25, -0.2) is 14.4 Å². The van der Waals surface area contributed by atoms with Gasteiger partial charge in [-0.15, -0.1) is 24.0 Å². The van der Waals surface area contributed by atoms with Crippen LogP contribution in [0.5, 0.6) is 0 Å². The standard InChI is InChI=1S/C17H26FN7.HI/c1-5-19-17(21-11-16-22-12-23-25(16)4)20-10-15(24(2)3)13-6-8-14(18)9-7-13;/h6-9,12,15H,5,10-11H2,1-4H3,(H2,19,20,21);1H. The molecule has 0 aliphatic heterocycles. The molecule has 2 N–H and O–H groups in total. The zero-order chi connectivity index (χ0) is 18.2. The van der Waals surface area contributed by atoms with E-state index < -0.39 is 0 Å². The van der Waals surface area contributed by atoms with E-state index in [2.05, 4.69) is 30.6 Å². The number of likely N-dealkylation sites (N-methyl/N-ethyl adjacent to an activating group) is 1. The minimum absolute atomic E-state index is 0. The Bertz CT molecular complexity index is 685. The van der Waals surface area contributed by atoms with E-state index >= 15 is 0 Å². The Balaban J connectivity index is 0.00000338. The van der Waals surface area contributed by atoms with E-state index in [1.807, 2.05) is 40.2 Å². The Hall–Kier alpha value is -1.75. The fourth-order valence-electron chi connectivity index (χ4n) is 2.43. The third kappa shape index (κ3) is 6.52. The number of aryl methyl sites for hydroxylation is 1. The summed E-state index contributed by atoms with van der Waals surface area (Å²) in [4.78, 5) is 10.8. The maximum absolute atomic E-state index is 13.2. The number of hydrogen-bond acceptors (Lipinski definition) is 4. The smallest absolute Gasteiger partial charge is 0.191 e. The summed E-state index contributed by atoms with van der Waals surface area (Å²) in [5, 5.41) is 10.6. The van der Waals surface area contributed by atoms with Crippen molar-refractivity contribution in [1.29, 1.82) is 0 Å². The Kier molecular flexibility index (Phi) is 9.49. The van der Waals surface area contributed by atoms with Crippen LogP contribution in [0.15, 0.2) is 35.6 Å². The van der Waals surface area contributed by atoms with Crippen LogP contribution >= 0.6 is 24.0 Å². The van der Waals surface area contributed by atoms with Crippen molar-refractivity contribution in [2.75, 3.05) is 27.2 Å². The molecular weight excluding hydrogens is 448 g/mol. The molecule has 1 atom stereocenters. The lowest BCUT2D eigenvalue weighted by molar-refractivity contribution is 0.298. The lowest BCUT2D eigenvalue weighted by atomic mass is 10.1. The van der Waals surface area contributed by atoms with Gasteiger partial charge in [0.15, 0.2) is 5.96 Å². The first kappa shape index (κ1) is 22.3. The van der Waals surface area contributed by atoms with Crippen LogP contribution in [-0.4, -0.2) is 52.8 Å². The van der Waals surface area contributed by atoms with Crippen molar-refractivity contribution in [3.8, 4) is 0 Å². The van der Waals surface area contributed by atoms with Gasteiger partial charge in [-0.05, 0) is 38.7 Å². The molecule has 0 saturated heterocycles. The summed E-state index contributed by atoms with van der Waals surface area (Å²) in [5.41, 5.74) is 1.04. The summed E-state index contributed by atoms with van der Waals surface area (Å²) in [7, 11) is 5.84. The molecule has 7 nitrogen and oxygen atoms in total. The number of guanidine groups is 1. The monoisotopic (exact) mass is 475 g/mol. The van der Waals surface area contributed by atoms with Crippen LogP contribution in [0.2, 0.25) is 0 Å². The SMILES string of the molecule is CCNC(=NCc1ncnn1C)NCC(c1ccc(F)cc1)N(C)C.I. The van der Waals surface area contributed by atoms with Crippen molar-refractivity contribution in [3.05, 3.63) is 47.8 Å². The van der Waals surface area contributed by atoms with Gasteiger partial charge in [-0.1, -0.05) is 12.1 Å². The van der Waals surface area contributed by atoms with Gasteiger partial charge in [0, 0.05) is 20.1 Å². The third-order valence-electron chi connectivity index (χ3n) is 3.87. The molecule has 144 valence electrons. The number of aliphatic imine (C=N–C) groups is 1. The molecule has 1 heterocycles. The van der Waals surface area contributed by atoms with Gasteiger partial charge < -0.3 is 15.5 Å². The fraction of sp³-hybridized carbons (Fsp3) is 0.471. The Morgan fingerprint density at radius 1 is 1.27 bits per heavy atom. The highest BCUT2D eigenvalue weighted by Gasteiger charge is 2.15. The highest BCUT2D eigenvalue weighted by atomic mass is 127. The van der Waals surface area contributed by atoms with E-state index in [4.69, 9.17) is 0 Å². The molecule has 0 bridgehead atoms. The lowest BCUT2D eigenvalue weighted by Gasteiger charge is -2.26. The van der Waals surface area contributed by atoms with Gasteiger partial charge in [0.25, 0.3) is 0 Å². The normalized spacial score (nSPS) is 12.6. The first-order valence-corrected chi connectivity index (χ1v) is 8.28. The molecule has 0 radical (unpaired) electrons. The van der Waals surface area contributed by atoms with E-state index in [0.717, 1.165) is 17.9 Å². The average molecular weight is 475 g/mol.